The summed E-state index contributed by atoms with van der Waals surface area (Å²) in [6.07, 6.45) is 2.12. The van der Waals surface area contributed by atoms with Crippen molar-refractivity contribution in [3.63, 3.8) is 0 Å². The molecule has 0 spiro atoms. The highest BCUT2D eigenvalue weighted by Crippen LogP contribution is 2.24. The molecule has 1 atom stereocenters. The molecule has 1 unspecified atom stereocenters. The van der Waals surface area contributed by atoms with E-state index in [1.54, 1.807) is 7.11 Å². The Morgan fingerprint density at radius 3 is 2.81 bits per heavy atom. The van der Waals surface area contributed by atoms with Crippen molar-refractivity contribution in [3.05, 3.63) is 28.8 Å². The number of methoxy groups -OCH3 is 1. The minimum Gasteiger partial charge on any atom is -0.495 e. The van der Waals surface area contributed by atoms with Crippen LogP contribution in [0.5, 0.6) is 5.75 Å². The molecule has 0 amide bonds. The van der Waals surface area contributed by atoms with E-state index < -0.39 is 0 Å². The van der Waals surface area contributed by atoms with Crippen molar-refractivity contribution in [3.8, 4) is 5.75 Å². The van der Waals surface area contributed by atoms with Crippen LogP contribution in [-0.2, 0) is 6.54 Å². The third-order valence-corrected chi connectivity index (χ3v) is 3.65. The van der Waals surface area contributed by atoms with Crippen LogP contribution in [0, 0.1) is 0 Å². The maximum absolute atomic E-state index is 6.04. The Morgan fingerprint density at radius 1 is 1.50 bits per heavy atom. The fraction of sp³-hybridized carbons (Fsp3) is 0.500. The van der Waals surface area contributed by atoms with Gasteiger partial charge in [0.05, 0.1) is 12.1 Å². The second-order valence-corrected chi connectivity index (χ2v) is 5.33. The quantitative estimate of drug-likeness (QED) is 0.848. The molecule has 0 radical (unpaired) electrons. The third-order valence-electron chi connectivity index (χ3n) is 2.38. The fourth-order valence-corrected chi connectivity index (χ4v) is 1.89. The van der Waals surface area contributed by atoms with Crippen LogP contribution in [0.2, 0.25) is 5.02 Å². The lowest BCUT2D eigenvalue weighted by Crippen LogP contribution is -2.21. The van der Waals surface area contributed by atoms with Crippen LogP contribution in [0.15, 0.2) is 18.2 Å². The maximum atomic E-state index is 6.04. The molecule has 0 heterocycles. The second-order valence-electron chi connectivity index (χ2n) is 3.65. The number of halogens is 1. The van der Waals surface area contributed by atoms with E-state index in [-0.39, 0.29) is 0 Å². The van der Waals surface area contributed by atoms with Gasteiger partial charge in [-0.25, -0.2) is 0 Å². The molecule has 1 aromatic carbocycles. The zero-order valence-corrected chi connectivity index (χ0v) is 11.5. The molecule has 0 aliphatic heterocycles. The van der Waals surface area contributed by atoms with E-state index in [9.17, 15) is 0 Å². The molecule has 2 nitrogen and oxygen atoms in total. The van der Waals surface area contributed by atoms with Crippen molar-refractivity contribution >= 4 is 23.4 Å². The van der Waals surface area contributed by atoms with Gasteiger partial charge < -0.3 is 10.1 Å². The molecule has 90 valence electrons. The van der Waals surface area contributed by atoms with Crippen molar-refractivity contribution in [2.45, 2.75) is 18.7 Å². The predicted octanol–water partition coefficient (Wildman–Crippen LogP) is 3.19. The molecule has 0 bridgehead atoms. The van der Waals surface area contributed by atoms with Gasteiger partial charge in [0.25, 0.3) is 0 Å². The topological polar surface area (TPSA) is 21.3 Å². The monoisotopic (exact) mass is 259 g/mol. The van der Waals surface area contributed by atoms with Crippen LogP contribution < -0.4 is 10.1 Å². The van der Waals surface area contributed by atoms with Crippen LogP contribution >= 0.6 is 23.4 Å². The molecular weight excluding hydrogens is 242 g/mol. The van der Waals surface area contributed by atoms with E-state index >= 15 is 0 Å². The first-order valence-electron chi connectivity index (χ1n) is 5.23. The van der Waals surface area contributed by atoms with Crippen LogP contribution in [0.25, 0.3) is 0 Å². The predicted molar refractivity (Wildman–Crippen MR) is 72.7 cm³/mol. The molecule has 0 fully saturated rings. The van der Waals surface area contributed by atoms with Gasteiger partial charge in [-0.1, -0.05) is 24.6 Å². The van der Waals surface area contributed by atoms with E-state index in [0.29, 0.717) is 10.3 Å². The van der Waals surface area contributed by atoms with Gasteiger partial charge >= 0.3 is 0 Å². The highest BCUT2D eigenvalue weighted by Gasteiger charge is 2.02. The largest absolute Gasteiger partial charge is 0.495 e. The summed E-state index contributed by atoms with van der Waals surface area (Å²) in [4.78, 5) is 0. The van der Waals surface area contributed by atoms with Crippen molar-refractivity contribution in [1.29, 1.82) is 0 Å². The van der Waals surface area contributed by atoms with E-state index in [4.69, 9.17) is 16.3 Å². The molecule has 16 heavy (non-hydrogen) atoms. The van der Waals surface area contributed by atoms with E-state index in [2.05, 4.69) is 18.5 Å². The normalized spacial score (nSPS) is 12.5. The van der Waals surface area contributed by atoms with Gasteiger partial charge in [-0.2, -0.15) is 11.8 Å². The summed E-state index contributed by atoms with van der Waals surface area (Å²) in [6, 6.07) is 5.87. The smallest absolute Gasteiger partial charge is 0.137 e. The lowest BCUT2D eigenvalue weighted by atomic mass is 10.2. The van der Waals surface area contributed by atoms with Gasteiger partial charge in [-0.15, -0.1) is 0 Å². The van der Waals surface area contributed by atoms with Crippen molar-refractivity contribution in [2.75, 3.05) is 19.9 Å². The number of ether oxygens (including phenoxy) is 1. The third kappa shape index (κ3) is 4.24. The molecule has 0 aliphatic carbocycles. The number of thioether (sulfide) groups is 1. The van der Waals surface area contributed by atoms with E-state index in [0.717, 1.165) is 18.8 Å². The fourth-order valence-electron chi connectivity index (χ4n) is 1.32. The molecule has 1 aromatic rings. The van der Waals surface area contributed by atoms with Crippen molar-refractivity contribution < 1.29 is 4.74 Å². The minimum atomic E-state index is 0.633. The standard InChI is InChI=1S/C12H18ClNOS/c1-9(16-3)7-14-8-10-4-5-12(15-2)11(13)6-10/h4-6,9,14H,7-8H2,1-3H3. The number of benzene rings is 1. The maximum Gasteiger partial charge on any atom is 0.137 e. The summed E-state index contributed by atoms with van der Waals surface area (Å²) < 4.78 is 5.10. The van der Waals surface area contributed by atoms with Gasteiger partial charge in [0.1, 0.15) is 5.75 Å². The van der Waals surface area contributed by atoms with E-state index in [1.165, 1.54) is 5.56 Å². The van der Waals surface area contributed by atoms with Crippen molar-refractivity contribution in [2.24, 2.45) is 0 Å². The summed E-state index contributed by atoms with van der Waals surface area (Å²) in [5.74, 6) is 0.725. The Hall–Kier alpha value is -0.380. The minimum absolute atomic E-state index is 0.633. The van der Waals surface area contributed by atoms with Gasteiger partial charge in [-0.3, -0.25) is 0 Å². The summed E-state index contributed by atoms with van der Waals surface area (Å²) in [7, 11) is 1.62. The molecule has 1 rings (SSSR count). The average Bonchev–Trinajstić information content (AvgIpc) is 2.29. The van der Waals surface area contributed by atoms with Crippen molar-refractivity contribution in [1.82, 2.24) is 5.32 Å². The Labute approximate surface area is 107 Å². The molecule has 4 heteroatoms. The number of hydrogen-bond donors (Lipinski definition) is 1. The summed E-state index contributed by atoms with van der Waals surface area (Å²) in [6.45, 7) is 4.05. The first-order chi connectivity index (χ1) is 7.67. The number of rotatable bonds is 6. The molecular formula is C12H18ClNOS. The first kappa shape index (κ1) is 13.7. The molecule has 0 saturated carbocycles. The SMILES string of the molecule is COc1ccc(CNCC(C)SC)cc1Cl. The summed E-state index contributed by atoms with van der Waals surface area (Å²) >= 11 is 7.90. The van der Waals surface area contributed by atoms with E-state index in [1.807, 2.05) is 30.0 Å². The zero-order chi connectivity index (χ0) is 12.0. The van der Waals surface area contributed by atoms with Gasteiger partial charge in [0, 0.05) is 18.3 Å². The highest BCUT2D eigenvalue weighted by molar-refractivity contribution is 7.99. The van der Waals surface area contributed by atoms with Gasteiger partial charge in [0.2, 0.25) is 0 Å². The second kappa shape index (κ2) is 7.05. The number of nitrogens with one attached hydrogen (secondary N) is 1. The zero-order valence-electron chi connectivity index (χ0n) is 9.92. The Bertz CT molecular complexity index is 333. The van der Waals surface area contributed by atoms with Crippen LogP contribution in [0.3, 0.4) is 0 Å². The first-order valence-corrected chi connectivity index (χ1v) is 6.90. The van der Waals surface area contributed by atoms with Crippen LogP contribution in [0.1, 0.15) is 12.5 Å². The Kier molecular flexibility index (Phi) is 6.03. The van der Waals surface area contributed by atoms with Gasteiger partial charge in [0.15, 0.2) is 0 Å². The lowest BCUT2D eigenvalue weighted by molar-refractivity contribution is 0.415. The molecule has 1 N–H and O–H groups in total. The van der Waals surface area contributed by atoms with Gasteiger partial charge in [-0.05, 0) is 24.0 Å². The molecule has 0 aliphatic rings. The highest BCUT2D eigenvalue weighted by atomic mass is 35.5. The van der Waals surface area contributed by atoms with Crippen LogP contribution in [-0.4, -0.2) is 25.2 Å². The average molecular weight is 260 g/mol. The molecule has 0 aromatic heterocycles. The number of hydrogen-bond acceptors (Lipinski definition) is 3. The summed E-state index contributed by atoms with van der Waals surface area (Å²) in [5, 5.41) is 4.70. The molecule has 0 saturated heterocycles. The van der Waals surface area contributed by atoms with Crippen LogP contribution in [0.4, 0.5) is 0 Å². The lowest BCUT2D eigenvalue weighted by Gasteiger charge is -2.10. The summed E-state index contributed by atoms with van der Waals surface area (Å²) in [5.41, 5.74) is 1.18. The Balaban J connectivity index is 2.46. The Morgan fingerprint density at radius 2 is 2.25 bits per heavy atom.